The van der Waals surface area contributed by atoms with E-state index in [0.29, 0.717) is 5.56 Å². The summed E-state index contributed by atoms with van der Waals surface area (Å²) < 4.78 is 1.16. The standard InChI is InChI=1S/C20H14N2OS/c23-18-11-5-1-7-14(18)13-21-16-9-3-2-8-15(16)20-22-17-10-4-6-12-19(17)24-20/h1-13,23H. The van der Waals surface area contributed by atoms with Crippen molar-refractivity contribution in [2.45, 2.75) is 0 Å². The maximum Gasteiger partial charge on any atom is 0.126 e. The van der Waals surface area contributed by atoms with E-state index >= 15 is 0 Å². The molecule has 4 rings (SSSR count). The highest BCUT2D eigenvalue weighted by molar-refractivity contribution is 7.21. The van der Waals surface area contributed by atoms with Crippen LogP contribution in [-0.2, 0) is 0 Å². The van der Waals surface area contributed by atoms with Gasteiger partial charge in [0.1, 0.15) is 10.8 Å². The first-order valence-corrected chi connectivity index (χ1v) is 8.40. The Balaban J connectivity index is 1.77. The average molecular weight is 330 g/mol. The molecular weight excluding hydrogens is 316 g/mol. The van der Waals surface area contributed by atoms with Gasteiger partial charge in [0.25, 0.3) is 0 Å². The Hall–Kier alpha value is -2.98. The molecule has 3 aromatic carbocycles. The summed E-state index contributed by atoms with van der Waals surface area (Å²) in [6.45, 7) is 0. The number of phenols is 1. The third-order valence-electron chi connectivity index (χ3n) is 3.71. The number of benzene rings is 3. The van der Waals surface area contributed by atoms with Gasteiger partial charge in [-0.05, 0) is 36.4 Å². The molecule has 3 nitrogen and oxygen atoms in total. The molecule has 4 aromatic rings. The molecule has 0 saturated carbocycles. The Morgan fingerprint density at radius 2 is 1.62 bits per heavy atom. The maximum atomic E-state index is 9.87. The van der Waals surface area contributed by atoms with Gasteiger partial charge >= 0.3 is 0 Å². The van der Waals surface area contributed by atoms with E-state index < -0.39 is 0 Å². The Labute approximate surface area is 143 Å². The van der Waals surface area contributed by atoms with Crippen LogP contribution in [0, 0.1) is 0 Å². The highest BCUT2D eigenvalue weighted by Crippen LogP contribution is 2.35. The molecule has 4 heteroatoms. The zero-order chi connectivity index (χ0) is 16.4. The first-order chi connectivity index (χ1) is 11.8. The second-order valence-electron chi connectivity index (χ2n) is 5.32. The predicted octanol–water partition coefficient (Wildman–Crippen LogP) is 5.42. The minimum atomic E-state index is 0.221. The SMILES string of the molecule is Oc1ccccc1C=Nc1ccccc1-c1nc2ccccc2s1. The van der Waals surface area contributed by atoms with Crippen molar-refractivity contribution in [3.8, 4) is 16.3 Å². The number of hydrogen-bond acceptors (Lipinski definition) is 4. The summed E-state index contributed by atoms with van der Waals surface area (Å²) >= 11 is 1.65. The first-order valence-electron chi connectivity index (χ1n) is 7.58. The number of thiazole rings is 1. The predicted molar refractivity (Wildman–Crippen MR) is 100 cm³/mol. The van der Waals surface area contributed by atoms with Crippen LogP contribution < -0.4 is 0 Å². The first kappa shape index (κ1) is 14.6. The average Bonchev–Trinajstić information content (AvgIpc) is 3.05. The summed E-state index contributed by atoms with van der Waals surface area (Å²) in [7, 11) is 0. The quantitative estimate of drug-likeness (QED) is 0.510. The van der Waals surface area contributed by atoms with Crippen LogP contribution in [0.4, 0.5) is 5.69 Å². The van der Waals surface area contributed by atoms with Gasteiger partial charge in [0.15, 0.2) is 0 Å². The van der Waals surface area contributed by atoms with Gasteiger partial charge in [-0.2, -0.15) is 0 Å². The lowest BCUT2D eigenvalue weighted by molar-refractivity contribution is 0.474. The molecule has 0 fully saturated rings. The molecule has 0 radical (unpaired) electrons. The summed E-state index contributed by atoms with van der Waals surface area (Å²) in [4.78, 5) is 9.28. The molecule has 1 aromatic heterocycles. The smallest absolute Gasteiger partial charge is 0.126 e. The van der Waals surface area contributed by atoms with Gasteiger partial charge in [-0.15, -0.1) is 11.3 Å². The number of hydrogen-bond donors (Lipinski definition) is 1. The van der Waals surface area contributed by atoms with Gasteiger partial charge in [-0.3, -0.25) is 4.99 Å². The third kappa shape index (κ3) is 2.79. The molecule has 0 bridgehead atoms. The molecule has 0 spiro atoms. The molecular formula is C20H14N2OS. The largest absolute Gasteiger partial charge is 0.507 e. The third-order valence-corrected chi connectivity index (χ3v) is 4.78. The number of phenolic OH excluding ortho intramolecular Hbond substituents is 1. The highest BCUT2D eigenvalue weighted by atomic mass is 32.1. The summed E-state index contributed by atoms with van der Waals surface area (Å²) in [5.74, 6) is 0.221. The monoisotopic (exact) mass is 330 g/mol. The fourth-order valence-electron chi connectivity index (χ4n) is 2.49. The Morgan fingerprint density at radius 1 is 0.875 bits per heavy atom. The molecule has 0 atom stereocenters. The molecule has 0 aliphatic rings. The van der Waals surface area contributed by atoms with E-state index in [1.165, 1.54) is 0 Å². The lowest BCUT2D eigenvalue weighted by Gasteiger charge is -2.02. The molecule has 0 aliphatic carbocycles. The zero-order valence-corrected chi connectivity index (χ0v) is 13.6. The molecule has 0 unspecified atom stereocenters. The van der Waals surface area contributed by atoms with E-state index in [9.17, 15) is 5.11 Å². The van der Waals surface area contributed by atoms with Crippen molar-refractivity contribution >= 4 is 33.5 Å². The minimum Gasteiger partial charge on any atom is -0.507 e. The van der Waals surface area contributed by atoms with Crippen molar-refractivity contribution in [1.29, 1.82) is 0 Å². The van der Waals surface area contributed by atoms with Gasteiger partial charge in [0.05, 0.1) is 15.9 Å². The van der Waals surface area contributed by atoms with Crippen LogP contribution in [0.3, 0.4) is 0 Å². The van der Waals surface area contributed by atoms with Crippen LogP contribution in [-0.4, -0.2) is 16.3 Å². The van der Waals surface area contributed by atoms with Crippen LogP contribution >= 0.6 is 11.3 Å². The number of aromatic nitrogens is 1. The lowest BCUT2D eigenvalue weighted by Crippen LogP contribution is -1.82. The van der Waals surface area contributed by atoms with Crippen molar-refractivity contribution in [2.75, 3.05) is 0 Å². The molecule has 24 heavy (non-hydrogen) atoms. The minimum absolute atomic E-state index is 0.221. The Kier molecular flexibility index (Phi) is 3.81. The van der Waals surface area contributed by atoms with Gasteiger partial charge in [-0.25, -0.2) is 4.98 Å². The Morgan fingerprint density at radius 3 is 2.50 bits per heavy atom. The van der Waals surface area contributed by atoms with E-state index in [1.807, 2.05) is 54.6 Å². The molecule has 116 valence electrons. The number of nitrogens with zero attached hydrogens (tertiary/aromatic N) is 2. The van der Waals surface area contributed by atoms with Gasteiger partial charge in [0, 0.05) is 17.3 Å². The van der Waals surface area contributed by atoms with E-state index in [1.54, 1.807) is 29.7 Å². The lowest BCUT2D eigenvalue weighted by atomic mass is 10.2. The second kappa shape index (κ2) is 6.26. The van der Waals surface area contributed by atoms with Gasteiger partial charge in [-0.1, -0.05) is 36.4 Å². The number of rotatable bonds is 3. The van der Waals surface area contributed by atoms with E-state index in [4.69, 9.17) is 4.98 Å². The Bertz CT molecular complexity index is 1000. The summed E-state index contributed by atoms with van der Waals surface area (Å²) in [6, 6.07) is 23.2. The van der Waals surface area contributed by atoms with E-state index in [2.05, 4.69) is 11.1 Å². The van der Waals surface area contributed by atoms with Crippen molar-refractivity contribution in [3.05, 3.63) is 78.4 Å². The normalized spacial score (nSPS) is 11.3. The number of fused-ring (bicyclic) bond motifs is 1. The zero-order valence-electron chi connectivity index (χ0n) is 12.8. The van der Waals surface area contributed by atoms with Gasteiger partial charge < -0.3 is 5.11 Å². The summed E-state index contributed by atoms with van der Waals surface area (Å²) in [5, 5.41) is 10.8. The molecule has 0 aliphatic heterocycles. The van der Waals surface area contributed by atoms with Crippen molar-refractivity contribution in [2.24, 2.45) is 4.99 Å². The molecule has 1 N–H and O–H groups in total. The highest BCUT2D eigenvalue weighted by Gasteiger charge is 2.09. The van der Waals surface area contributed by atoms with Crippen LogP contribution in [0.25, 0.3) is 20.8 Å². The fourth-order valence-corrected chi connectivity index (χ4v) is 3.49. The molecule has 1 heterocycles. The van der Waals surface area contributed by atoms with E-state index in [0.717, 1.165) is 26.5 Å². The van der Waals surface area contributed by atoms with Crippen molar-refractivity contribution in [3.63, 3.8) is 0 Å². The topological polar surface area (TPSA) is 45.5 Å². The van der Waals surface area contributed by atoms with Crippen LogP contribution in [0.15, 0.2) is 77.8 Å². The molecule has 0 amide bonds. The second-order valence-corrected chi connectivity index (χ2v) is 6.35. The summed E-state index contributed by atoms with van der Waals surface area (Å²) in [6.07, 6.45) is 1.68. The number of para-hydroxylation sites is 3. The maximum absolute atomic E-state index is 9.87. The number of aromatic hydroxyl groups is 1. The summed E-state index contributed by atoms with van der Waals surface area (Å²) in [5.41, 5.74) is 3.51. The van der Waals surface area contributed by atoms with Crippen LogP contribution in [0.2, 0.25) is 0 Å². The van der Waals surface area contributed by atoms with Crippen molar-refractivity contribution in [1.82, 2.24) is 4.98 Å². The molecule has 0 saturated heterocycles. The fraction of sp³-hybridized carbons (Fsp3) is 0. The van der Waals surface area contributed by atoms with E-state index in [-0.39, 0.29) is 5.75 Å². The van der Waals surface area contributed by atoms with Crippen LogP contribution in [0.1, 0.15) is 5.56 Å². The van der Waals surface area contributed by atoms with Crippen LogP contribution in [0.5, 0.6) is 5.75 Å². The van der Waals surface area contributed by atoms with Crippen molar-refractivity contribution < 1.29 is 5.11 Å². The number of aliphatic imine (C=N–C) groups is 1. The van der Waals surface area contributed by atoms with Gasteiger partial charge in [0.2, 0.25) is 0 Å².